The Balaban J connectivity index is 0.000000172. The number of rotatable bonds is 8. The van der Waals surface area contributed by atoms with Gasteiger partial charge in [-0.15, -0.1) is 0 Å². The number of imidazole rings is 1. The van der Waals surface area contributed by atoms with Crippen molar-refractivity contribution in [3.63, 3.8) is 0 Å². The summed E-state index contributed by atoms with van der Waals surface area (Å²) in [5, 5.41) is 24.9. The van der Waals surface area contributed by atoms with E-state index in [4.69, 9.17) is 9.05 Å². The number of thiazole rings is 1. The largest absolute Gasteiger partial charge is 0.359 e. The number of para-hydroxylation sites is 2. The van der Waals surface area contributed by atoms with Crippen molar-refractivity contribution >= 4 is 95.7 Å². The lowest BCUT2D eigenvalue weighted by molar-refractivity contribution is 0.101. The van der Waals surface area contributed by atoms with E-state index in [0.717, 1.165) is 38.1 Å². The molecule has 0 saturated carbocycles. The molecule has 10 rings (SSSR count). The number of pyridine rings is 1. The van der Waals surface area contributed by atoms with Crippen LogP contribution in [0.25, 0.3) is 26.1 Å². The number of aromatic nitrogens is 5. The van der Waals surface area contributed by atoms with Gasteiger partial charge in [-0.2, -0.15) is 0 Å². The quantitative estimate of drug-likeness (QED) is 0.0843. The van der Waals surface area contributed by atoms with E-state index in [1.165, 1.54) is 11.3 Å². The molecule has 1 aliphatic rings. The molecule has 0 unspecified atom stereocenters. The van der Waals surface area contributed by atoms with Gasteiger partial charge in [0.05, 0.1) is 15.7 Å². The fourth-order valence-electron chi connectivity index (χ4n) is 7.49. The standard InChI is InChI=1S/C26H25N5O4.C24H22N6O3S/c1-26(2,3)20-14-21(30-35-20)29-25(34)28-18-9-7-17(8-10-18)27-23(32)19-13-16-6-4-5-15-11-12-31(22(15)16)24(19)33;1-24(2,3)19-12-20(29-33-19)28-22(32)26-15-10-8-14(9-11-15)25-21(31)16-13-30-17-6-4-5-7-18(17)34-23(30)27-16/h4-10,13-14H,11-12H2,1-3H3,(H,27,32)(H2,28,29,30,34);4-13H,1-3H3,(H,25,31)(H2,26,28,29,32). The number of amides is 6. The molecule has 0 aliphatic carbocycles. The highest BCUT2D eigenvalue weighted by Crippen LogP contribution is 2.29. The third kappa shape index (κ3) is 10.1. The number of hydrogen-bond acceptors (Lipinski definition) is 11. The van der Waals surface area contributed by atoms with Gasteiger partial charge in [0.25, 0.3) is 17.4 Å². The van der Waals surface area contributed by atoms with Crippen LogP contribution in [0.2, 0.25) is 0 Å². The molecule has 69 heavy (non-hydrogen) atoms. The molecule has 6 amide bonds. The molecule has 0 saturated heterocycles. The highest BCUT2D eigenvalue weighted by molar-refractivity contribution is 7.23. The molecule has 19 heteroatoms. The summed E-state index contributed by atoms with van der Waals surface area (Å²) in [6, 6.07) is 31.3. The molecule has 18 nitrogen and oxygen atoms in total. The van der Waals surface area contributed by atoms with Crippen LogP contribution in [-0.2, 0) is 23.8 Å². The van der Waals surface area contributed by atoms with Gasteiger partial charge in [-0.25, -0.2) is 14.6 Å². The van der Waals surface area contributed by atoms with Gasteiger partial charge < -0.3 is 34.9 Å². The molecule has 6 heterocycles. The molecule has 0 fully saturated rings. The number of fused-ring (bicyclic) bond motifs is 3. The molecule has 0 radical (unpaired) electrons. The van der Waals surface area contributed by atoms with Gasteiger partial charge in [0, 0.05) is 58.5 Å². The summed E-state index contributed by atoms with van der Waals surface area (Å²) in [6.07, 6.45) is 2.52. The monoisotopic (exact) mass is 945 g/mol. The first-order chi connectivity index (χ1) is 32.9. The van der Waals surface area contributed by atoms with Crippen LogP contribution in [0.4, 0.5) is 44.0 Å². The second kappa shape index (κ2) is 18.2. The average Bonchev–Trinajstić information content (AvgIpc) is 4.16. The van der Waals surface area contributed by atoms with Gasteiger partial charge >= 0.3 is 12.1 Å². The number of urea groups is 2. The normalized spacial score (nSPS) is 12.1. The molecule has 4 aromatic carbocycles. The summed E-state index contributed by atoms with van der Waals surface area (Å²) in [6.45, 7) is 12.5. The Morgan fingerprint density at radius 3 is 1.71 bits per heavy atom. The number of anilines is 6. The minimum atomic E-state index is -0.475. The molecule has 5 aromatic heterocycles. The van der Waals surface area contributed by atoms with E-state index in [1.54, 1.807) is 77.5 Å². The van der Waals surface area contributed by atoms with Crippen molar-refractivity contribution in [2.75, 3.05) is 31.9 Å². The Kier molecular flexibility index (Phi) is 12.1. The smallest absolute Gasteiger partial charge is 0.324 e. The summed E-state index contributed by atoms with van der Waals surface area (Å²) < 4.78 is 15.2. The van der Waals surface area contributed by atoms with Crippen LogP contribution in [-0.4, -0.2) is 48.1 Å². The second-order valence-electron chi connectivity index (χ2n) is 18.3. The number of carbonyl (C=O) groups is 4. The van der Waals surface area contributed by atoms with Crippen LogP contribution in [0.3, 0.4) is 0 Å². The Morgan fingerprint density at radius 1 is 0.623 bits per heavy atom. The zero-order valence-corrected chi connectivity index (χ0v) is 39.2. The summed E-state index contributed by atoms with van der Waals surface area (Å²) in [5.74, 6) is 1.20. The zero-order chi connectivity index (χ0) is 48.6. The molecule has 0 bridgehead atoms. The van der Waals surface area contributed by atoms with E-state index in [1.807, 2.05) is 88.4 Å². The van der Waals surface area contributed by atoms with Crippen molar-refractivity contribution in [1.29, 1.82) is 0 Å². The molecule has 6 N–H and O–H groups in total. The average molecular weight is 946 g/mol. The van der Waals surface area contributed by atoms with Crippen molar-refractivity contribution in [3.8, 4) is 0 Å². The fourth-order valence-corrected chi connectivity index (χ4v) is 8.50. The van der Waals surface area contributed by atoms with Crippen LogP contribution >= 0.6 is 11.3 Å². The van der Waals surface area contributed by atoms with Crippen molar-refractivity contribution in [3.05, 3.63) is 154 Å². The van der Waals surface area contributed by atoms with E-state index in [9.17, 15) is 24.0 Å². The van der Waals surface area contributed by atoms with Crippen molar-refractivity contribution in [2.45, 2.75) is 65.3 Å². The van der Waals surface area contributed by atoms with E-state index in [-0.39, 0.29) is 27.9 Å². The minimum absolute atomic E-state index is 0.0976. The number of nitrogens with one attached hydrogen (secondary N) is 6. The topological polar surface area (TPSA) is 232 Å². The molecule has 0 spiro atoms. The van der Waals surface area contributed by atoms with Crippen molar-refractivity contribution in [2.24, 2.45) is 0 Å². The molecule has 9 aromatic rings. The summed E-state index contributed by atoms with van der Waals surface area (Å²) >= 11 is 1.53. The van der Waals surface area contributed by atoms with Crippen LogP contribution in [0.1, 0.15) is 79.5 Å². The van der Waals surface area contributed by atoms with Crippen LogP contribution < -0.4 is 37.5 Å². The number of carbonyl (C=O) groups excluding carboxylic acids is 4. The van der Waals surface area contributed by atoms with Gasteiger partial charge in [-0.05, 0) is 84.1 Å². The lowest BCUT2D eigenvalue weighted by Crippen LogP contribution is -2.28. The molecule has 1 aliphatic heterocycles. The first kappa shape index (κ1) is 45.6. The second-order valence-corrected chi connectivity index (χ2v) is 19.4. The highest BCUT2D eigenvalue weighted by atomic mass is 32.1. The third-order valence-electron chi connectivity index (χ3n) is 11.1. The SMILES string of the molecule is CC(C)(C)c1cc(NC(=O)Nc2ccc(NC(=O)c3cc4cccc5c4n(c3=O)CC5)cc2)no1.CC(C)(C)c1cc(NC(=O)Nc2ccc(NC(=O)c3cn4c(n3)sc3ccccc34)cc2)no1. The molecular weight excluding hydrogens is 899 g/mol. The van der Waals surface area contributed by atoms with E-state index in [2.05, 4.69) is 47.2 Å². The lowest BCUT2D eigenvalue weighted by atomic mass is 9.93. The third-order valence-corrected chi connectivity index (χ3v) is 12.1. The van der Waals surface area contributed by atoms with Gasteiger partial charge in [0.1, 0.15) is 22.8 Å². The number of benzene rings is 4. The number of hydrogen-bond donors (Lipinski definition) is 6. The molecule has 0 atom stereocenters. The Bertz CT molecular complexity index is 3480. The van der Waals surface area contributed by atoms with Crippen LogP contribution in [0.5, 0.6) is 0 Å². The Hall–Kier alpha value is -8.58. The van der Waals surface area contributed by atoms with Crippen LogP contribution in [0.15, 0.2) is 129 Å². The summed E-state index contributed by atoms with van der Waals surface area (Å²) in [4.78, 5) is 68.2. The first-order valence-corrected chi connectivity index (χ1v) is 22.7. The molecule has 350 valence electrons. The summed E-state index contributed by atoms with van der Waals surface area (Å²) in [7, 11) is 0. The van der Waals surface area contributed by atoms with Crippen molar-refractivity contribution in [1.82, 2.24) is 24.3 Å². The minimum Gasteiger partial charge on any atom is -0.359 e. The molecular formula is C50H47N11O7S. The van der Waals surface area contributed by atoms with E-state index < -0.39 is 18.0 Å². The zero-order valence-electron chi connectivity index (χ0n) is 38.4. The number of nitrogens with zero attached hydrogens (tertiary/aromatic N) is 5. The highest BCUT2D eigenvalue weighted by Gasteiger charge is 2.23. The van der Waals surface area contributed by atoms with Gasteiger partial charge in [0.15, 0.2) is 16.6 Å². The van der Waals surface area contributed by atoms with Gasteiger partial charge in [0.2, 0.25) is 0 Å². The fraction of sp³-hybridized carbons (Fsp3) is 0.200. The Labute approximate surface area is 398 Å². The summed E-state index contributed by atoms with van der Waals surface area (Å²) in [5.41, 5.74) is 4.93. The maximum absolute atomic E-state index is 12.9. The lowest BCUT2D eigenvalue weighted by Gasteiger charge is -2.12. The predicted molar refractivity (Wildman–Crippen MR) is 267 cm³/mol. The van der Waals surface area contributed by atoms with E-state index in [0.29, 0.717) is 58.1 Å². The predicted octanol–water partition coefficient (Wildman–Crippen LogP) is 10.5. The van der Waals surface area contributed by atoms with Crippen LogP contribution in [0, 0.1) is 0 Å². The van der Waals surface area contributed by atoms with Gasteiger partial charge in [-0.3, -0.25) is 29.4 Å². The van der Waals surface area contributed by atoms with E-state index >= 15 is 0 Å². The maximum atomic E-state index is 12.9. The van der Waals surface area contributed by atoms with Gasteiger partial charge in [-0.1, -0.05) is 93.5 Å². The number of aryl methyl sites for hydroxylation is 2. The Morgan fingerprint density at radius 2 is 1.16 bits per heavy atom. The van der Waals surface area contributed by atoms with Crippen molar-refractivity contribution < 1.29 is 28.2 Å². The maximum Gasteiger partial charge on any atom is 0.324 e. The first-order valence-electron chi connectivity index (χ1n) is 21.9.